The molecule has 2 aromatic carbocycles. The largest absolute Gasteiger partial charge is 0.416 e. The van der Waals surface area contributed by atoms with E-state index in [9.17, 15) is 26.4 Å². The van der Waals surface area contributed by atoms with Crippen LogP contribution in [-0.4, -0.2) is 19.3 Å². The first kappa shape index (κ1) is 20.3. The lowest BCUT2D eigenvalue weighted by atomic mass is 10.2. The second-order valence-corrected chi connectivity index (χ2v) is 7.53. The van der Waals surface area contributed by atoms with Crippen LogP contribution in [0, 0.1) is 0 Å². The number of carbonyl (C=O) groups is 1. The van der Waals surface area contributed by atoms with Gasteiger partial charge in [-0.15, -0.1) is 0 Å². The maximum Gasteiger partial charge on any atom is 0.416 e. The van der Waals surface area contributed by atoms with Crippen molar-refractivity contribution >= 4 is 27.3 Å². The molecule has 0 unspecified atom stereocenters. The number of nitrogens with one attached hydrogen (secondary N) is 2. The van der Waals surface area contributed by atoms with E-state index in [1.54, 1.807) is 18.2 Å². The average molecular weight is 421 g/mol. The van der Waals surface area contributed by atoms with Crippen molar-refractivity contribution in [1.82, 2.24) is 9.71 Å². The highest BCUT2D eigenvalue weighted by atomic mass is 32.2. The van der Waals surface area contributed by atoms with Gasteiger partial charge in [-0.05, 0) is 36.4 Å². The highest BCUT2D eigenvalue weighted by Gasteiger charge is 2.30. The van der Waals surface area contributed by atoms with E-state index in [2.05, 4.69) is 10.3 Å². The fourth-order valence-corrected chi connectivity index (χ4v) is 3.53. The first-order valence-electron chi connectivity index (χ1n) is 8.17. The molecular weight excluding hydrogens is 407 g/mol. The van der Waals surface area contributed by atoms with Crippen molar-refractivity contribution in [2.75, 3.05) is 5.32 Å². The molecule has 0 aliphatic carbocycles. The fraction of sp³-hybridized carbons (Fsp3) is 0.0526. The molecule has 1 heterocycles. The van der Waals surface area contributed by atoms with Crippen LogP contribution in [0.2, 0.25) is 0 Å². The van der Waals surface area contributed by atoms with Crippen LogP contribution in [0.25, 0.3) is 0 Å². The molecule has 2 N–H and O–H groups in total. The van der Waals surface area contributed by atoms with Crippen LogP contribution in [-0.2, 0) is 16.2 Å². The van der Waals surface area contributed by atoms with Gasteiger partial charge in [0, 0.05) is 23.6 Å². The van der Waals surface area contributed by atoms with E-state index >= 15 is 0 Å². The molecule has 0 aliphatic rings. The summed E-state index contributed by atoms with van der Waals surface area (Å²) in [6.45, 7) is 0. The van der Waals surface area contributed by atoms with Crippen LogP contribution in [0.15, 0.2) is 78.0 Å². The molecule has 29 heavy (non-hydrogen) atoms. The van der Waals surface area contributed by atoms with Gasteiger partial charge in [-0.3, -0.25) is 9.78 Å². The molecule has 1 aromatic heterocycles. The molecule has 0 aliphatic heterocycles. The number of amides is 1. The zero-order valence-electron chi connectivity index (χ0n) is 14.6. The quantitative estimate of drug-likeness (QED) is 0.651. The normalized spacial score (nSPS) is 11.7. The predicted octanol–water partition coefficient (Wildman–Crippen LogP) is 3.96. The molecule has 10 heteroatoms. The summed E-state index contributed by atoms with van der Waals surface area (Å²) >= 11 is 0. The summed E-state index contributed by atoms with van der Waals surface area (Å²) in [6, 6.07) is 13.3. The van der Waals surface area contributed by atoms with Crippen LogP contribution >= 0.6 is 0 Å². The maximum absolute atomic E-state index is 12.9. The predicted molar refractivity (Wildman–Crippen MR) is 100 cm³/mol. The Morgan fingerprint density at radius 3 is 2.38 bits per heavy atom. The summed E-state index contributed by atoms with van der Waals surface area (Å²) in [5, 5.41) is 2.63. The summed E-state index contributed by atoms with van der Waals surface area (Å²) in [5.74, 6) is -0.848. The monoisotopic (exact) mass is 421 g/mol. The second-order valence-electron chi connectivity index (χ2n) is 5.88. The van der Waals surface area contributed by atoms with E-state index in [1.807, 2.05) is 4.72 Å². The highest BCUT2D eigenvalue weighted by Crippen LogP contribution is 2.32. The molecular formula is C19H14F3N3O3S. The van der Waals surface area contributed by atoms with Gasteiger partial charge in [0.25, 0.3) is 15.9 Å². The Balaban J connectivity index is 1.90. The molecule has 0 fully saturated rings. The van der Waals surface area contributed by atoms with E-state index in [-0.39, 0.29) is 21.8 Å². The zero-order valence-corrected chi connectivity index (χ0v) is 15.5. The third kappa shape index (κ3) is 4.91. The summed E-state index contributed by atoms with van der Waals surface area (Å²) in [4.78, 5) is 15.6. The van der Waals surface area contributed by atoms with Crippen molar-refractivity contribution in [2.24, 2.45) is 0 Å². The van der Waals surface area contributed by atoms with Crippen molar-refractivity contribution in [3.05, 3.63) is 84.2 Å². The number of hydrogen-bond acceptors (Lipinski definition) is 5. The minimum atomic E-state index is -4.55. The van der Waals surface area contributed by atoms with Crippen molar-refractivity contribution in [3.8, 4) is 0 Å². The van der Waals surface area contributed by atoms with Crippen molar-refractivity contribution < 1.29 is 26.4 Å². The third-order valence-electron chi connectivity index (χ3n) is 3.81. The standard InChI is InChI=1S/C19H14F3N3O3S/c20-19(21,22)14-7-4-8-15(11-14)24-16-9-10-23-12-17(16)29(27,28)25-18(26)13-5-2-1-3-6-13/h1-12H,(H,23,24)(H,25,26). The number of sulfonamides is 1. The Labute approximate surface area is 164 Å². The Morgan fingerprint density at radius 1 is 0.966 bits per heavy atom. The van der Waals surface area contributed by atoms with Gasteiger partial charge in [-0.1, -0.05) is 24.3 Å². The van der Waals surface area contributed by atoms with Gasteiger partial charge < -0.3 is 5.32 Å². The van der Waals surface area contributed by atoms with E-state index in [0.29, 0.717) is 0 Å². The van der Waals surface area contributed by atoms with Gasteiger partial charge in [0.05, 0.1) is 11.3 Å². The van der Waals surface area contributed by atoms with Crippen LogP contribution in [0.5, 0.6) is 0 Å². The van der Waals surface area contributed by atoms with Gasteiger partial charge in [-0.25, -0.2) is 13.1 Å². The molecule has 0 saturated carbocycles. The SMILES string of the molecule is O=C(NS(=O)(=O)c1cnccc1Nc1cccc(C(F)(F)F)c1)c1ccccc1. The Hall–Kier alpha value is -3.40. The first-order valence-corrected chi connectivity index (χ1v) is 9.65. The average Bonchev–Trinajstić information content (AvgIpc) is 2.68. The van der Waals surface area contributed by atoms with Gasteiger partial charge in [0.15, 0.2) is 0 Å². The smallest absolute Gasteiger partial charge is 0.354 e. The number of benzene rings is 2. The Bertz CT molecular complexity index is 1130. The molecule has 0 bridgehead atoms. The van der Waals surface area contributed by atoms with Crippen LogP contribution in [0.3, 0.4) is 0 Å². The topological polar surface area (TPSA) is 88.2 Å². The molecule has 6 nitrogen and oxygen atoms in total. The van der Waals surface area contributed by atoms with Gasteiger partial charge in [0.1, 0.15) is 4.90 Å². The number of alkyl halides is 3. The van der Waals surface area contributed by atoms with Gasteiger partial charge in [0.2, 0.25) is 0 Å². The molecule has 3 rings (SSSR count). The number of carbonyl (C=O) groups excluding carboxylic acids is 1. The van der Waals surface area contributed by atoms with E-state index in [1.165, 1.54) is 36.5 Å². The van der Waals surface area contributed by atoms with Crippen LogP contribution in [0.4, 0.5) is 24.5 Å². The van der Waals surface area contributed by atoms with E-state index in [4.69, 9.17) is 0 Å². The number of pyridine rings is 1. The third-order valence-corrected chi connectivity index (χ3v) is 5.16. The number of rotatable bonds is 5. The number of halogens is 3. The van der Waals surface area contributed by atoms with E-state index < -0.39 is 27.7 Å². The molecule has 0 spiro atoms. The fourth-order valence-electron chi connectivity index (χ4n) is 2.45. The lowest BCUT2D eigenvalue weighted by molar-refractivity contribution is -0.137. The first-order chi connectivity index (χ1) is 13.7. The molecule has 1 amide bonds. The molecule has 0 radical (unpaired) electrons. The number of aromatic nitrogens is 1. The summed E-state index contributed by atoms with van der Waals surface area (Å²) < 4.78 is 65.9. The maximum atomic E-state index is 12.9. The molecule has 150 valence electrons. The molecule has 0 saturated heterocycles. The van der Waals surface area contributed by atoms with Crippen molar-refractivity contribution in [2.45, 2.75) is 11.1 Å². The lowest BCUT2D eigenvalue weighted by Crippen LogP contribution is -2.31. The summed E-state index contributed by atoms with van der Waals surface area (Å²) in [6.07, 6.45) is -2.28. The number of hydrogen-bond donors (Lipinski definition) is 2. The molecule has 0 atom stereocenters. The van der Waals surface area contributed by atoms with Gasteiger partial charge >= 0.3 is 6.18 Å². The summed E-state index contributed by atoms with van der Waals surface area (Å²) in [5.41, 5.74) is -0.768. The second kappa shape index (κ2) is 7.92. The van der Waals surface area contributed by atoms with E-state index in [0.717, 1.165) is 18.3 Å². The zero-order chi connectivity index (χ0) is 21.1. The number of nitrogens with zero attached hydrogens (tertiary/aromatic N) is 1. The number of anilines is 2. The Morgan fingerprint density at radius 2 is 1.69 bits per heavy atom. The van der Waals surface area contributed by atoms with Crippen molar-refractivity contribution in [1.29, 1.82) is 0 Å². The minimum Gasteiger partial charge on any atom is -0.354 e. The summed E-state index contributed by atoms with van der Waals surface area (Å²) in [7, 11) is -4.34. The van der Waals surface area contributed by atoms with Crippen LogP contribution < -0.4 is 10.0 Å². The molecule has 3 aromatic rings. The highest BCUT2D eigenvalue weighted by molar-refractivity contribution is 7.90. The van der Waals surface area contributed by atoms with Crippen LogP contribution in [0.1, 0.15) is 15.9 Å². The van der Waals surface area contributed by atoms with Gasteiger partial charge in [-0.2, -0.15) is 13.2 Å². The minimum absolute atomic E-state index is 0.0249. The lowest BCUT2D eigenvalue weighted by Gasteiger charge is -2.14. The van der Waals surface area contributed by atoms with Crippen molar-refractivity contribution in [3.63, 3.8) is 0 Å². The Kier molecular flexibility index (Phi) is 5.55.